The predicted octanol–water partition coefficient (Wildman–Crippen LogP) is 3.58. The number of nitrogens with zero attached hydrogens (tertiary/aromatic N) is 1. The molecule has 0 aliphatic carbocycles. The molecule has 2 unspecified atom stereocenters. The first-order chi connectivity index (χ1) is 9.55. The van der Waals surface area contributed by atoms with Crippen molar-refractivity contribution in [2.45, 2.75) is 51.0 Å². The number of alkyl halides is 6. The van der Waals surface area contributed by atoms with E-state index >= 15 is 0 Å². The lowest BCUT2D eigenvalue weighted by Crippen LogP contribution is -2.35. The SMILES string of the molecule is CC(CCCC(F)(F)F)NCC1CCN(CC(F)(F)F)C1. The molecule has 0 aromatic rings. The van der Waals surface area contributed by atoms with Crippen molar-refractivity contribution < 1.29 is 26.3 Å². The van der Waals surface area contributed by atoms with Gasteiger partial charge in [-0.1, -0.05) is 0 Å². The smallest absolute Gasteiger partial charge is 0.314 e. The highest BCUT2D eigenvalue weighted by Gasteiger charge is 2.34. The zero-order chi connectivity index (χ0) is 16.1. The zero-order valence-electron chi connectivity index (χ0n) is 12.0. The van der Waals surface area contributed by atoms with E-state index in [2.05, 4.69) is 5.32 Å². The third-order valence-corrected chi connectivity index (χ3v) is 3.63. The number of likely N-dealkylation sites (tertiary alicyclic amines) is 1. The summed E-state index contributed by atoms with van der Waals surface area (Å²) < 4.78 is 72.7. The van der Waals surface area contributed by atoms with Gasteiger partial charge >= 0.3 is 12.4 Å². The van der Waals surface area contributed by atoms with Crippen molar-refractivity contribution in [1.29, 1.82) is 0 Å². The quantitative estimate of drug-likeness (QED) is 0.721. The minimum Gasteiger partial charge on any atom is -0.314 e. The summed E-state index contributed by atoms with van der Waals surface area (Å²) in [5.41, 5.74) is 0. The van der Waals surface area contributed by atoms with E-state index < -0.39 is 25.3 Å². The highest BCUT2D eigenvalue weighted by atomic mass is 19.4. The fourth-order valence-corrected chi connectivity index (χ4v) is 2.56. The molecule has 0 saturated carbocycles. The Labute approximate surface area is 120 Å². The first-order valence-electron chi connectivity index (χ1n) is 7.14. The molecule has 2 nitrogen and oxygen atoms in total. The Morgan fingerprint density at radius 2 is 1.81 bits per heavy atom. The Bertz CT molecular complexity index is 302. The molecule has 0 spiro atoms. The van der Waals surface area contributed by atoms with Crippen LogP contribution in [-0.4, -0.2) is 49.5 Å². The molecule has 21 heavy (non-hydrogen) atoms. The minimum absolute atomic E-state index is 0.0518. The Hall–Kier alpha value is -0.500. The second kappa shape index (κ2) is 7.67. The van der Waals surface area contributed by atoms with Gasteiger partial charge in [0.2, 0.25) is 0 Å². The van der Waals surface area contributed by atoms with Crippen molar-refractivity contribution in [3.63, 3.8) is 0 Å². The van der Waals surface area contributed by atoms with Gasteiger partial charge in [-0.15, -0.1) is 0 Å². The number of hydrogen-bond donors (Lipinski definition) is 1. The van der Waals surface area contributed by atoms with Crippen molar-refractivity contribution >= 4 is 0 Å². The summed E-state index contributed by atoms with van der Waals surface area (Å²) in [7, 11) is 0. The molecule has 2 atom stereocenters. The number of halogens is 6. The van der Waals surface area contributed by atoms with Gasteiger partial charge in [0.1, 0.15) is 0 Å². The van der Waals surface area contributed by atoms with Crippen LogP contribution >= 0.6 is 0 Å². The van der Waals surface area contributed by atoms with Crippen LogP contribution < -0.4 is 5.32 Å². The van der Waals surface area contributed by atoms with E-state index in [0.29, 0.717) is 32.5 Å². The lowest BCUT2D eigenvalue weighted by molar-refractivity contribution is -0.143. The average Bonchev–Trinajstić information content (AvgIpc) is 2.69. The number of rotatable bonds is 7. The monoisotopic (exact) mass is 320 g/mol. The van der Waals surface area contributed by atoms with Crippen LogP contribution in [0.25, 0.3) is 0 Å². The van der Waals surface area contributed by atoms with E-state index in [4.69, 9.17) is 0 Å². The van der Waals surface area contributed by atoms with Crippen molar-refractivity contribution in [2.75, 3.05) is 26.2 Å². The molecule has 0 aromatic carbocycles. The predicted molar refractivity (Wildman–Crippen MR) is 68.0 cm³/mol. The van der Waals surface area contributed by atoms with Gasteiger partial charge in [-0.05, 0) is 45.2 Å². The first kappa shape index (κ1) is 18.5. The van der Waals surface area contributed by atoms with Crippen molar-refractivity contribution in [2.24, 2.45) is 5.92 Å². The summed E-state index contributed by atoms with van der Waals surface area (Å²) in [6, 6.07) is -0.0518. The lowest BCUT2D eigenvalue weighted by atomic mass is 10.1. The van der Waals surface area contributed by atoms with E-state index in [0.717, 1.165) is 0 Å². The maximum absolute atomic E-state index is 12.2. The van der Waals surface area contributed by atoms with Crippen molar-refractivity contribution in [1.82, 2.24) is 10.2 Å². The molecule has 0 aromatic heterocycles. The topological polar surface area (TPSA) is 15.3 Å². The van der Waals surface area contributed by atoms with Gasteiger partial charge in [0.15, 0.2) is 0 Å². The van der Waals surface area contributed by atoms with Crippen LogP contribution in [-0.2, 0) is 0 Å². The summed E-state index contributed by atoms with van der Waals surface area (Å²) in [4.78, 5) is 1.38. The second-order valence-electron chi connectivity index (χ2n) is 5.82. The molecule has 1 fully saturated rings. The summed E-state index contributed by atoms with van der Waals surface area (Å²) in [5.74, 6) is 0.136. The summed E-state index contributed by atoms with van der Waals surface area (Å²) in [5, 5.41) is 3.12. The van der Waals surface area contributed by atoms with Gasteiger partial charge in [-0.3, -0.25) is 4.90 Å². The van der Waals surface area contributed by atoms with E-state index in [1.807, 2.05) is 0 Å². The Morgan fingerprint density at radius 1 is 1.14 bits per heavy atom. The van der Waals surface area contributed by atoms with Gasteiger partial charge in [0.05, 0.1) is 6.54 Å². The minimum atomic E-state index is -4.17. The van der Waals surface area contributed by atoms with Gasteiger partial charge in [-0.2, -0.15) is 26.3 Å². The maximum Gasteiger partial charge on any atom is 0.401 e. The van der Waals surface area contributed by atoms with Crippen LogP contribution in [0, 0.1) is 5.92 Å². The molecular weight excluding hydrogens is 298 g/mol. The van der Waals surface area contributed by atoms with Crippen LogP contribution in [0.15, 0.2) is 0 Å². The van der Waals surface area contributed by atoms with Gasteiger partial charge in [-0.25, -0.2) is 0 Å². The first-order valence-corrected chi connectivity index (χ1v) is 7.14. The van der Waals surface area contributed by atoms with Crippen molar-refractivity contribution in [3.8, 4) is 0 Å². The molecule has 1 aliphatic heterocycles. The summed E-state index contributed by atoms with van der Waals surface area (Å²) >= 11 is 0. The maximum atomic E-state index is 12.2. The molecule has 126 valence electrons. The number of hydrogen-bond acceptors (Lipinski definition) is 2. The average molecular weight is 320 g/mol. The third kappa shape index (κ3) is 9.18. The van der Waals surface area contributed by atoms with E-state index in [-0.39, 0.29) is 18.4 Å². The zero-order valence-corrected chi connectivity index (χ0v) is 12.0. The van der Waals surface area contributed by atoms with Crippen molar-refractivity contribution in [3.05, 3.63) is 0 Å². The molecule has 1 heterocycles. The van der Waals surface area contributed by atoms with Gasteiger partial charge in [0.25, 0.3) is 0 Å². The van der Waals surface area contributed by atoms with Gasteiger partial charge in [0, 0.05) is 19.0 Å². The molecule has 0 radical (unpaired) electrons. The van der Waals surface area contributed by atoms with Crippen LogP contribution in [0.4, 0.5) is 26.3 Å². The Morgan fingerprint density at radius 3 is 2.38 bits per heavy atom. The highest BCUT2D eigenvalue weighted by Crippen LogP contribution is 2.24. The molecule has 1 aliphatic rings. The highest BCUT2D eigenvalue weighted by molar-refractivity contribution is 4.79. The number of nitrogens with one attached hydrogen (secondary N) is 1. The molecule has 0 bridgehead atoms. The van der Waals surface area contributed by atoms with Crippen LogP contribution in [0.1, 0.15) is 32.6 Å². The lowest BCUT2D eigenvalue weighted by Gasteiger charge is -2.19. The van der Waals surface area contributed by atoms with Gasteiger partial charge < -0.3 is 5.32 Å². The summed E-state index contributed by atoms with van der Waals surface area (Å²) in [6.07, 6.45) is -7.91. The van der Waals surface area contributed by atoms with E-state index in [1.54, 1.807) is 6.92 Å². The molecular formula is C13H22F6N2. The Kier molecular flexibility index (Phi) is 6.77. The summed E-state index contributed by atoms with van der Waals surface area (Å²) in [6.45, 7) is 2.29. The van der Waals surface area contributed by atoms with E-state index in [9.17, 15) is 26.3 Å². The van der Waals surface area contributed by atoms with Crippen LogP contribution in [0.5, 0.6) is 0 Å². The van der Waals surface area contributed by atoms with E-state index in [1.165, 1.54) is 4.90 Å². The third-order valence-electron chi connectivity index (χ3n) is 3.63. The second-order valence-corrected chi connectivity index (χ2v) is 5.82. The fourth-order valence-electron chi connectivity index (χ4n) is 2.56. The molecule has 1 saturated heterocycles. The normalized spacial score (nSPS) is 22.7. The molecule has 1 N–H and O–H groups in total. The largest absolute Gasteiger partial charge is 0.401 e. The fraction of sp³-hybridized carbons (Fsp3) is 1.00. The molecule has 1 rings (SSSR count). The molecule has 0 amide bonds. The molecule has 8 heteroatoms. The van der Waals surface area contributed by atoms with Crippen LogP contribution in [0.2, 0.25) is 0 Å². The van der Waals surface area contributed by atoms with Crippen LogP contribution in [0.3, 0.4) is 0 Å². The standard InChI is InChI=1S/C13H22F6N2/c1-10(3-2-5-12(14,15)16)20-7-11-4-6-21(8-11)9-13(17,18)19/h10-11,20H,2-9H2,1H3. The Balaban J connectivity index is 2.13.